The number of rotatable bonds is 8. The van der Waals surface area contributed by atoms with E-state index in [1.165, 1.54) is 11.3 Å². The lowest BCUT2D eigenvalue weighted by atomic mass is 10.2. The molecular weight excluding hydrogens is 360 g/mol. The van der Waals surface area contributed by atoms with E-state index in [4.69, 9.17) is 0 Å². The number of sulfone groups is 1. The fourth-order valence-corrected chi connectivity index (χ4v) is 4.63. The highest BCUT2D eigenvalue weighted by atomic mass is 32.2. The number of nitrogens with zero attached hydrogens (tertiary/aromatic N) is 1. The van der Waals surface area contributed by atoms with E-state index in [0.29, 0.717) is 12.1 Å². The van der Waals surface area contributed by atoms with Crippen molar-refractivity contribution in [3.05, 3.63) is 54.1 Å². The van der Waals surface area contributed by atoms with Gasteiger partial charge in [-0.15, -0.1) is 0 Å². The molecule has 0 spiro atoms. The van der Waals surface area contributed by atoms with Crippen LogP contribution in [0.25, 0.3) is 0 Å². The third-order valence-corrected chi connectivity index (χ3v) is 6.37. The molecule has 1 N–H and O–H groups in total. The molecule has 0 aliphatic carbocycles. The number of benzene rings is 2. The number of hydrogen-bond donors (Lipinski definition) is 1. The number of nitrogens with one attached hydrogen (secondary N) is 1. The molecule has 6 heteroatoms. The van der Waals surface area contributed by atoms with Gasteiger partial charge in [-0.1, -0.05) is 38.0 Å². The second kappa shape index (κ2) is 8.57. The maximum atomic E-state index is 12.1. The Labute approximate surface area is 161 Å². The molecule has 144 valence electrons. The lowest BCUT2D eigenvalue weighted by Gasteiger charge is -2.20. The summed E-state index contributed by atoms with van der Waals surface area (Å²) < 4.78 is 24.0. The molecule has 3 rings (SSSR count). The molecule has 0 saturated heterocycles. The predicted molar refractivity (Wildman–Crippen MR) is 110 cm³/mol. The van der Waals surface area contributed by atoms with Gasteiger partial charge in [0.15, 0.2) is 9.84 Å². The van der Waals surface area contributed by atoms with Crippen LogP contribution in [0.3, 0.4) is 0 Å². The topological polar surface area (TPSA) is 66.5 Å². The lowest BCUT2D eigenvalue weighted by Crippen LogP contribution is -2.24. The van der Waals surface area contributed by atoms with E-state index in [9.17, 15) is 13.2 Å². The molecule has 0 atom stereocenters. The second-order valence-electron chi connectivity index (χ2n) is 6.92. The highest BCUT2D eigenvalue weighted by Gasteiger charge is 2.20. The molecule has 0 unspecified atom stereocenters. The molecule has 2 aromatic carbocycles. The first-order chi connectivity index (χ1) is 13.0. The van der Waals surface area contributed by atoms with Crippen LogP contribution in [-0.4, -0.2) is 32.4 Å². The number of hydrogen-bond acceptors (Lipinski definition) is 4. The van der Waals surface area contributed by atoms with Crippen molar-refractivity contribution in [2.24, 2.45) is 0 Å². The Bertz CT molecular complexity index is 892. The molecule has 27 heavy (non-hydrogen) atoms. The molecule has 0 radical (unpaired) electrons. The SMILES string of the molecule is CCCCCS(=O)(=O)CC(=O)Nc1ccc(N2CCc3ccccc32)cc1. The van der Waals surface area contributed by atoms with Gasteiger partial charge in [0.2, 0.25) is 5.91 Å². The van der Waals surface area contributed by atoms with Gasteiger partial charge in [-0.2, -0.15) is 0 Å². The molecule has 0 aromatic heterocycles. The van der Waals surface area contributed by atoms with Gasteiger partial charge in [0.05, 0.1) is 5.75 Å². The van der Waals surface area contributed by atoms with E-state index >= 15 is 0 Å². The molecule has 0 saturated carbocycles. The summed E-state index contributed by atoms with van der Waals surface area (Å²) >= 11 is 0. The van der Waals surface area contributed by atoms with Gasteiger partial charge in [-0.25, -0.2) is 8.42 Å². The van der Waals surface area contributed by atoms with Crippen molar-refractivity contribution in [3.8, 4) is 0 Å². The summed E-state index contributed by atoms with van der Waals surface area (Å²) in [6.07, 6.45) is 3.44. The third-order valence-electron chi connectivity index (χ3n) is 4.76. The average molecular weight is 387 g/mol. The molecule has 1 aliphatic rings. The van der Waals surface area contributed by atoms with Crippen LogP contribution in [0.2, 0.25) is 0 Å². The Hall–Kier alpha value is -2.34. The van der Waals surface area contributed by atoms with Gasteiger partial charge in [-0.05, 0) is 48.7 Å². The molecule has 2 aromatic rings. The normalized spacial score (nSPS) is 13.4. The van der Waals surface area contributed by atoms with Crippen LogP contribution in [0.15, 0.2) is 48.5 Å². The fourth-order valence-electron chi connectivity index (χ4n) is 3.37. The number of carbonyl (C=O) groups is 1. The van der Waals surface area contributed by atoms with Gasteiger partial charge in [0, 0.05) is 23.6 Å². The quantitative estimate of drug-likeness (QED) is 0.698. The molecule has 0 fully saturated rings. The Morgan fingerprint density at radius 1 is 1.07 bits per heavy atom. The maximum Gasteiger partial charge on any atom is 0.239 e. The summed E-state index contributed by atoms with van der Waals surface area (Å²) in [5.74, 6) is -0.870. The summed E-state index contributed by atoms with van der Waals surface area (Å²) in [6.45, 7) is 2.95. The Kier molecular flexibility index (Phi) is 6.16. The summed E-state index contributed by atoms with van der Waals surface area (Å²) in [6, 6.07) is 15.9. The molecule has 5 nitrogen and oxygen atoms in total. The highest BCUT2D eigenvalue weighted by molar-refractivity contribution is 7.92. The third kappa shape index (κ3) is 5.10. The van der Waals surface area contributed by atoms with E-state index in [1.54, 1.807) is 0 Å². The zero-order chi connectivity index (χ0) is 19.3. The van der Waals surface area contributed by atoms with Crippen molar-refractivity contribution in [2.75, 3.05) is 28.3 Å². The minimum Gasteiger partial charge on any atom is -0.341 e. The number of fused-ring (bicyclic) bond motifs is 1. The van der Waals surface area contributed by atoms with Crippen LogP contribution in [0.1, 0.15) is 31.7 Å². The molecule has 1 heterocycles. The average Bonchev–Trinajstić information content (AvgIpc) is 3.06. The van der Waals surface area contributed by atoms with E-state index in [0.717, 1.165) is 31.5 Å². The first-order valence-corrected chi connectivity index (χ1v) is 11.3. The highest BCUT2D eigenvalue weighted by Crippen LogP contribution is 2.34. The van der Waals surface area contributed by atoms with Crippen LogP contribution in [-0.2, 0) is 21.1 Å². The van der Waals surface area contributed by atoms with E-state index in [2.05, 4.69) is 28.4 Å². The van der Waals surface area contributed by atoms with Crippen LogP contribution in [0, 0.1) is 0 Å². The zero-order valence-corrected chi connectivity index (χ0v) is 16.5. The molecule has 1 amide bonds. The van der Waals surface area contributed by atoms with Crippen molar-refractivity contribution in [1.82, 2.24) is 0 Å². The maximum absolute atomic E-state index is 12.1. The van der Waals surface area contributed by atoms with Gasteiger partial charge in [0.1, 0.15) is 5.75 Å². The van der Waals surface area contributed by atoms with Crippen LogP contribution in [0.4, 0.5) is 17.1 Å². The standard InChI is InChI=1S/C21H26N2O3S/c1-2-3-6-15-27(25,26)16-21(24)22-18-9-11-19(12-10-18)23-14-13-17-7-4-5-8-20(17)23/h4-5,7-12H,2-3,6,13-16H2,1H3,(H,22,24). The van der Waals surface area contributed by atoms with Crippen LogP contribution in [0.5, 0.6) is 0 Å². The van der Waals surface area contributed by atoms with E-state index in [1.807, 2.05) is 37.3 Å². The monoisotopic (exact) mass is 386 g/mol. The molecule has 0 bridgehead atoms. The molecule has 1 aliphatic heterocycles. The van der Waals surface area contributed by atoms with Gasteiger partial charge in [-0.3, -0.25) is 4.79 Å². The summed E-state index contributed by atoms with van der Waals surface area (Å²) in [7, 11) is -3.35. The Morgan fingerprint density at radius 2 is 1.81 bits per heavy atom. The second-order valence-corrected chi connectivity index (χ2v) is 9.11. The van der Waals surface area contributed by atoms with Crippen molar-refractivity contribution < 1.29 is 13.2 Å². The summed E-state index contributed by atoms with van der Waals surface area (Å²) in [4.78, 5) is 14.3. The Morgan fingerprint density at radius 3 is 2.56 bits per heavy atom. The zero-order valence-electron chi connectivity index (χ0n) is 15.6. The largest absolute Gasteiger partial charge is 0.341 e. The van der Waals surface area contributed by atoms with Gasteiger partial charge < -0.3 is 10.2 Å². The van der Waals surface area contributed by atoms with Crippen molar-refractivity contribution in [1.29, 1.82) is 0 Å². The number of anilines is 3. The minimum atomic E-state index is -3.35. The smallest absolute Gasteiger partial charge is 0.239 e. The lowest BCUT2D eigenvalue weighted by molar-refractivity contribution is -0.113. The van der Waals surface area contributed by atoms with Gasteiger partial charge in [0.25, 0.3) is 0 Å². The fraction of sp³-hybridized carbons (Fsp3) is 0.381. The summed E-state index contributed by atoms with van der Waals surface area (Å²) in [5.41, 5.74) is 4.22. The van der Waals surface area contributed by atoms with Crippen molar-refractivity contribution in [2.45, 2.75) is 32.6 Å². The van der Waals surface area contributed by atoms with Crippen LogP contribution >= 0.6 is 0 Å². The molecular formula is C21H26N2O3S. The predicted octanol–water partition coefficient (Wildman–Crippen LogP) is 3.92. The van der Waals surface area contributed by atoms with E-state index in [-0.39, 0.29) is 5.75 Å². The first-order valence-electron chi connectivity index (χ1n) is 9.44. The minimum absolute atomic E-state index is 0.0710. The number of para-hydroxylation sites is 1. The van der Waals surface area contributed by atoms with Crippen LogP contribution < -0.4 is 10.2 Å². The summed E-state index contributed by atoms with van der Waals surface area (Å²) in [5, 5.41) is 2.69. The van der Waals surface area contributed by atoms with Crippen molar-refractivity contribution in [3.63, 3.8) is 0 Å². The Balaban J connectivity index is 1.59. The number of carbonyl (C=O) groups excluding carboxylic acids is 1. The van der Waals surface area contributed by atoms with Gasteiger partial charge >= 0.3 is 0 Å². The van der Waals surface area contributed by atoms with Crippen molar-refractivity contribution >= 4 is 32.8 Å². The number of unbranched alkanes of at least 4 members (excludes halogenated alkanes) is 2. The first kappa shape index (κ1) is 19.4. The van der Waals surface area contributed by atoms with E-state index < -0.39 is 21.5 Å². The number of amides is 1.